The molecule has 1 aliphatic rings. The van der Waals surface area contributed by atoms with E-state index in [1.54, 1.807) is 13.8 Å². The van der Waals surface area contributed by atoms with Gasteiger partial charge < -0.3 is 9.84 Å². The molecule has 0 bridgehead atoms. The van der Waals surface area contributed by atoms with Gasteiger partial charge in [0.25, 0.3) is 0 Å². The number of amides is 1. The van der Waals surface area contributed by atoms with E-state index in [2.05, 4.69) is 20.8 Å². The molecule has 2 aromatic rings. The van der Waals surface area contributed by atoms with Gasteiger partial charge in [-0.05, 0) is 31.5 Å². The largest absolute Gasteiger partial charge is 0.416 e. The Balaban J connectivity index is 1.76. The van der Waals surface area contributed by atoms with Crippen LogP contribution in [0.1, 0.15) is 55.1 Å². The van der Waals surface area contributed by atoms with Crippen LogP contribution in [0.5, 0.6) is 0 Å². The first-order valence-electron chi connectivity index (χ1n) is 7.80. The lowest BCUT2D eigenvalue weighted by Crippen LogP contribution is -2.51. The Morgan fingerprint density at radius 1 is 1.28 bits per heavy atom. The van der Waals surface area contributed by atoms with Gasteiger partial charge in [-0.1, -0.05) is 17.3 Å². The second-order valence-electron chi connectivity index (χ2n) is 6.04. The minimum Gasteiger partial charge on any atom is -0.341 e. The molecule has 3 unspecified atom stereocenters. The molecule has 3 atom stereocenters. The van der Waals surface area contributed by atoms with Gasteiger partial charge in [-0.25, -0.2) is 0 Å². The lowest BCUT2D eigenvalue weighted by molar-refractivity contribution is -0.137. The topological polar surface area (TPSA) is 80.1 Å². The quantitative estimate of drug-likeness (QED) is 0.886. The minimum absolute atomic E-state index is 0.113. The van der Waals surface area contributed by atoms with Gasteiger partial charge in [0.2, 0.25) is 11.8 Å². The first-order chi connectivity index (χ1) is 11.7. The molecule has 0 spiro atoms. The smallest absolute Gasteiger partial charge is 0.341 e. The Kier molecular flexibility index (Phi) is 4.51. The zero-order valence-corrected chi connectivity index (χ0v) is 13.6. The van der Waals surface area contributed by atoms with Crippen LogP contribution in [0.25, 0.3) is 0 Å². The SMILES string of the molecule is CC1NC(=O)CC(c2noc(C(C)c3ccc(C(F)(F)F)cc3)n2)N1. The van der Waals surface area contributed by atoms with Gasteiger partial charge in [0.15, 0.2) is 5.82 Å². The van der Waals surface area contributed by atoms with E-state index >= 15 is 0 Å². The summed E-state index contributed by atoms with van der Waals surface area (Å²) in [6.45, 7) is 3.57. The highest BCUT2D eigenvalue weighted by molar-refractivity contribution is 5.77. The molecule has 1 fully saturated rings. The molecule has 3 rings (SSSR count). The third-order valence-electron chi connectivity index (χ3n) is 4.10. The summed E-state index contributed by atoms with van der Waals surface area (Å²) in [5.74, 6) is 0.169. The number of carbonyl (C=O) groups is 1. The van der Waals surface area contributed by atoms with Crippen LogP contribution < -0.4 is 10.6 Å². The molecule has 0 radical (unpaired) electrons. The normalized spacial score (nSPS) is 22.5. The molecular weight excluding hydrogens is 337 g/mol. The number of nitrogens with zero attached hydrogens (tertiary/aromatic N) is 2. The molecule has 1 amide bonds. The number of aromatic nitrogens is 2. The highest BCUT2D eigenvalue weighted by atomic mass is 19.4. The van der Waals surface area contributed by atoms with Crippen LogP contribution in [0, 0.1) is 0 Å². The van der Waals surface area contributed by atoms with Gasteiger partial charge in [-0.2, -0.15) is 18.2 Å². The summed E-state index contributed by atoms with van der Waals surface area (Å²) in [4.78, 5) is 15.9. The molecule has 1 aromatic heterocycles. The molecule has 9 heteroatoms. The van der Waals surface area contributed by atoms with E-state index < -0.39 is 11.7 Å². The molecule has 2 N–H and O–H groups in total. The van der Waals surface area contributed by atoms with Gasteiger partial charge in [0.1, 0.15) is 0 Å². The van der Waals surface area contributed by atoms with Crippen LogP contribution in [-0.2, 0) is 11.0 Å². The maximum absolute atomic E-state index is 12.6. The van der Waals surface area contributed by atoms with Crippen molar-refractivity contribution in [3.63, 3.8) is 0 Å². The fraction of sp³-hybridized carbons (Fsp3) is 0.438. The first-order valence-corrected chi connectivity index (χ1v) is 7.80. The molecule has 25 heavy (non-hydrogen) atoms. The van der Waals surface area contributed by atoms with Crippen molar-refractivity contribution in [3.05, 3.63) is 47.1 Å². The van der Waals surface area contributed by atoms with Crippen molar-refractivity contribution in [2.45, 2.75) is 44.6 Å². The van der Waals surface area contributed by atoms with Crippen molar-refractivity contribution >= 4 is 5.91 Å². The Hall–Kier alpha value is -2.42. The van der Waals surface area contributed by atoms with Crippen molar-refractivity contribution in [2.24, 2.45) is 0 Å². The maximum atomic E-state index is 12.6. The van der Waals surface area contributed by atoms with E-state index in [4.69, 9.17) is 4.52 Å². The zero-order chi connectivity index (χ0) is 18.2. The van der Waals surface area contributed by atoms with Crippen LogP contribution in [0.3, 0.4) is 0 Å². The lowest BCUT2D eigenvalue weighted by atomic mass is 9.99. The van der Waals surface area contributed by atoms with Crippen LogP contribution in [0.15, 0.2) is 28.8 Å². The summed E-state index contributed by atoms with van der Waals surface area (Å²) in [5, 5.41) is 9.76. The van der Waals surface area contributed by atoms with Crippen molar-refractivity contribution in [2.75, 3.05) is 0 Å². The van der Waals surface area contributed by atoms with Gasteiger partial charge >= 0.3 is 6.18 Å². The second-order valence-corrected chi connectivity index (χ2v) is 6.04. The highest BCUT2D eigenvalue weighted by Crippen LogP contribution is 2.31. The summed E-state index contributed by atoms with van der Waals surface area (Å²) < 4.78 is 43.2. The maximum Gasteiger partial charge on any atom is 0.416 e. The van der Waals surface area contributed by atoms with E-state index in [1.807, 2.05) is 0 Å². The third kappa shape index (κ3) is 3.81. The van der Waals surface area contributed by atoms with E-state index in [0.717, 1.165) is 12.1 Å². The van der Waals surface area contributed by atoms with Crippen molar-refractivity contribution < 1.29 is 22.5 Å². The van der Waals surface area contributed by atoms with Crippen LogP contribution >= 0.6 is 0 Å². The van der Waals surface area contributed by atoms with E-state index in [9.17, 15) is 18.0 Å². The minimum atomic E-state index is -4.37. The summed E-state index contributed by atoms with van der Waals surface area (Å²) in [5.41, 5.74) is -0.0769. The summed E-state index contributed by atoms with van der Waals surface area (Å²) in [6.07, 6.45) is -4.39. The third-order valence-corrected chi connectivity index (χ3v) is 4.10. The molecule has 134 valence electrons. The van der Waals surface area contributed by atoms with Gasteiger partial charge in [-0.3, -0.25) is 10.1 Å². The molecule has 1 aliphatic heterocycles. The Bertz CT molecular complexity index is 757. The van der Waals surface area contributed by atoms with Gasteiger partial charge in [-0.15, -0.1) is 0 Å². The molecule has 6 nitrogen and oxygen atoms in total. The number of alkyl halides is 3. The van der Waals surface area contributed by atoms with Crippen molar-refractivity contribution in [3.8, 4) is 0 Å². The monoisotopic (exact) mass is 354 g/mol. The molecular formula is C16H17F3N4O2. The van der Waals surface area contributed by atoms with Crippen LogP contribution in [0.4, 0.5) is 13.2 Å². The number of halogens is 3. The van der Waals surface area contributed by atoms with Crippen LogP contribution in [-0.4, -0.2) is 22.2 Å². The number of benzene rings is 1. The number of rotatable bonds is 3. The average Bonchev–Trinajstić information content (AvgIpc) is 3.02. The molecule has 0 saturated carbocycles. The van der Waals surface area contributed by atoms with Gasteiger partial charge in [0, 0.05) is 6.42 Å². The highest BCUT2D eigenvalue weighted by Gasteiger charge is 2.31. The summed E-state index contributed by atoms with van der Waals surface area (Å²) in [7, 11) is 0. The van der Waals surface area contributed by atoms with E-state index in [1.165, 1.54) is 12.1 Å². The van der Waals surface area contributed by atoms with Crippen molar-refractivity contribution in [1.29, 1.82) is 0 Å². The lowest BCUT2D eigenvalue weighted by Gasteiger charge is -2.27. The number of nitrogens with one attached hydrogen (secondary N) is 2. The number of carbonyl (C=O) groups excluding carboxylic acids is 1. The van der Waals surface area contributed by atoms with E-state index in [0.29, 0.717) is 11.4 Å². The standard InChI is InChI=1S/C16H17F3N4O2/c1-8(10-3-5-11(6-4-10)16(17,18)19)15-22-14(23-25-15)12-7-13(24)21-9(2)20-12/h3-6,8-9,12,20H,7H2,1-2H3,(H,21,24). The summed E-state index contributed by atoms with van der Waals surface area (Å²) >= 11 is 0. The van der Waals surface area contributed by atoms with Crippen LogP contribution in [0.2, 0.25) is 0 Å². The molecule has 2 heterocycles. The van der Waals surface area contributed by atoms with E-state index in [-0.39, 0.29) is 36.3 Å². The predicted octanol–water partition coefficient (Wildman–Crippen LogP) is 2.74. The fourth-order valence-electron chi connectivity index (χ4n) is 2.72. The predicted molar refractivity (Wildman–Crippen MR) is 81.4 cm³/mol. The Morgan fingerprint density at radius 2 is 1.96 bits per heavy atom. The summed E-state index contributed by atoms with van der Waals surface area (Å²) in [6, 6.07) is 4.48. The number of hydrogen-bond donors (Lipinski definition) is 2. The number of hydrogen-bond acceptors (Lipinski definition) is 5. The molecule has 1 aromatic carbocycles. The average molecular weight is 354 g/mol. The van der Waals surface area contributed by atoms with Crippen molar-refractivity contribution in [1.82, 2.24) is 20.8 Å². The molecule has 1 saturated heterocycles. The fourth-order valence-corrected chi connectivity index (χ4v) is 2.72. The Labute approximate surface area is 141 Å². The molecule has 0 aliphatic carbocycles. The first kappa shape index (κ1) is 17.4. The van der Waals surface area contributed by atoms with Gasteiger partial charge in [0.05, 0.1) is 23.7 Å². The zero-order valence-electron chi connectivity index (χ0n) is 13.6. The second kappa shape index (κ2) is 6.47. The Morgan fingerprint density at radius 3 is 2.56 bits per heavy atom.